The Balaban J connectivity index is 1.84. The molecule has 1 aliphatic rings. The topological polar surface area (TPSA) is 59.2 Å². The van der Waals surface area contributed by atoms with Crippen molar-refractivity contribution in [3.05, 3.63) is 18.5 Å². The highest BCUT2D eigenvalue weighted by atomic mass is 32.2. The molecule has 0 aromatic carbocycles. The van der Waals surface area contributed by atoms with E-state index in [1.165, 1.54) is 31.0 Å². The molecule has 2 N–H and O–H groups in total. The van der Waals surface area contributed by atoms with Gasteiger partial charge in [0, 0.05) is 24.2 Å². The van der Waals surface area contributed by atoms with Gasteiger partial charge < -0.3 is 10.6 Å². The van der Waals surface area contributed by atoms with Crippen LogP contribution in [0, 0.1) is 0 Å². The molecule has 0 spiro atoms. The molecule has 1 aromatic heterocycles. The number of rotatable bonds is 3. The smallest absolute Gasteiger partial charge is 0.232 e. The number of nitrogen functional groups attached to an aromatic ring is 1. The maximum atomic E-state index is 12.2. The summed E-state index contributed by atoms with van der Waals surface area (Å²) in [5, 5.41) is 0. The molecule has 0 saturated carbocycles. The molecule has 0 radical (unpaired) electrons. The number of aromatic nitrogens is 1. The van der Waals surface area contributed by atoms with Crippen LogP contribution < -0.4 is 5.73 Å². The molecule has 104 valence electrons. The predicted octanol–water partition coefficient (Wildman–Crippen LogP) is 2.55. The molecule has 1 aromatic rings. The van der Waals surface area contributed by atoms with E-state index < -0.39 is 0 Å². The normalized spacial score (nSPS) is 16.7. The number of carbonyl (C=O) groups excluding carboxylic acids is 1. The van der Waals surface area contributed by atoms with E-state index in [9.17, 15) is 4.79 Å². The van der Waals surface area contributed by atoms with Crippen LogP contribution in [0.1, 0.15) is 32.1 Å². The molecule has 2 heterocycles. The summed E-state index contributed by atoms with van der Waals surface area (Å²) in [4.78, 5) is 19.1. The molecule has 0 atom stereocenters. The first-order valence-electron chi connectivity index (χ1n) is 6.87. The summed E-state index contributed by atoms with van der Waals surface area (Å²) in [6, 6.07) is 1.86. The summed E-state index contributed by atoms with van der Waals surface area (Å²) in [5.41, 5.74) is 6.47. The number of thioether (sulfide) groups is 1. The third kappa shape index (κ3) is 4.42. The van der Waals surface area contributed by atoms with Gasteiger partial charge in [-0.15, -0.1) is 11.8 Å². The van der Waals surface area contributed by atoms with E-state index in [1.807, 2.05) is 11.0 Å². The van der Waals surface area contributed by atoms with Crippen molar-refractivity contribution in [2.45, 2.75) is 37.0 Å². The van der Waals surface area contributed by atoms with E-state index in [2.05, 4.69) is 4.98 Å². The van der Waals surface area contributed by atoms with Crippen LogP contribution in [-0.4, -0.2) is 34.6 Å². The number of likely N-dealkylation sites (tertiary alicyclic amines) is 1. The lowest BCUT2D eigenvalue weighted by Crippen LogP contribution is -2.35. The highest BCUT2D eigenvalue weighted by Gasteiger charge is 2.15. The van der Waals surface area contributed by atoms with Crippen LogP contribution in [0.3, 0.4) is 0 Å². The zero-order valence-corrected chi connectivity index (χ0v) is 12.0. The Hall–Kier alpha value is -1.23. The lowest BCUT2D eigenvalue weighted by Gasteiger charge is -2.24. The van der Waals surface area contributed by atoms with E-state index in [0.717, 1.165) is 30.8 Å². The number of amides is 1. The lowest BCUT2D eigenvalue weighted by molar-refractivity contribution is -0.128. The van der Waals surface area contributed by atoms with Crippen molar-refractivity contribution >= 4 is 23.4 Å². The number of carbonyl (C=O) groups is 1. The third-order valence-electron chi connectivity index (χ3n) is 3.37. The van der Waals surface area contributed by atoms with E-state index in [0.29, 0.717) is 11.4 Å². The summed E-state index contributed by atoms with van der Waals surface area (Å²) in [6.45, 7) is 1.82. The molecule has 0 aliphatic carbocycles. The molecular weight excluding hydrogens is 258 g/mol. The van der Waals surface area contributed by atoms with Crippen LogP contribution in [0.4, 0.5) is 5.69 Å². The third-order valence-corrected chi connectivity index (χ3v) is 4.44. The fraction of sp³-hybridized carbons (Fsp3) is 0.571. The number of hydrogen-bond donors (Lipinski definition) is 1. The van der Waals surface area contributed by atoms with Gasteiger partial charge in [0.25, 0.3) is 0 Å². The second-order valence-electron chi connectivity index (χ2n) is 4.85. The Morgan fingerprint density at radius 1 is 1.26 bits per heavy atom. The summed E-state index contributed by atoms with van der Waals surface area (Å²) >= 11 is 1.50. The van der Waals surface area contributed by atoms with Crippen molar-refractivity contribution in [2.24, 2.45) is 0 Å². The van der Waals surface area contributed by atoms with Gasteiger partial charge in [-0.3, -0.25) is 9.78 Å². The summed E-state index contributed by atoms with van der Waals surface area (Å²) < 4.78 is 0. The molecule has 0 unspecified atom stereocenters. The molecule has 2 rings (SSSR count). The summed E-state index contributed by atoms with van der Waals surface area (Å²) in [6.07, 6.45) is 9.40. The molecule has 5 heteroatoms. The minimum Gasteiger partial charge on any atom is -0.397 e. The van der Waals surface area contributed by atoms with Gasteiger partial charge >= 0.3 is 0 Å². The van der Waals surface area contributed by atoms with Crippen molar-refractivity contribution in [1.82, 2.24) is 9.88 Å². The van der Waals surface area contributed by atoms with Gasteiger partial charge in [0.2, 0.25) is 5.91 Å². The second-order valence-corrected chi connectivity index (χ2v) is 5.87. The quantitative estimate of drug-likeness (QED) is 0.864. The summed E-state index contributed by atoms with van der Waals surface area (Å²) in [7, 11) is 0. The van der Waals surface area contributed by atoms with Crippen molar-refractivity contribution in [1.29, 1.82) is 0 Å². The first-order valence-corrected chi connectivity index (χ1v) is 7.86. The Kier molecular flexibility index (Phi) is 5.51. The fourth-order valence-electron chi connectivity index (χ4n) is 2.25. The first kappa shape index (κ1) is 14.2. The average molecular weight is 279 g/mol. The van der Waals surface area contributed by atoms with Crippen LogP contribution in [0.5, 0.6) is 0 Å². The number of anilines is 1. The van der Waals surface area contributed by atoms with Crippen LogP contribution in [0.25, 0.3) is 0 Å². The van der Waals surface area contributed by atoms with Gasteiger partial charge in [0.1, 0.15) is 0 Å². The van der Waals surface area contributed by atoms with Crippen LogP contribution in [0.15, 0.2) is 23.4 Å². The monoisotopic (exact) mass is 279 g/mol. The maximum absolute atomic E-state index is 12.2. The zero-order chi connectivity index (χ0) is 13.5. The van der Waals surface area contributed by atoms with Gasteiger partial charge in [0.15, 0.2) is 0 Å². The molecule has 19 heavy (non-hydrogen) atoms. The fourth-order valence-corrected chi connectivity index (χ4v) is 3.09. The zero-order valence-electron chi connectivity index (χ0n) is 11.2. The lowest BCUT2D eigenvalue weighted by atomic mass is 10.1. The van der Waals surface area contributed by atoms with Gasteiger partial charge in [-0.1, -0.05) is 19.3 Å². The molecule has 1 aliphatic heterocycles. The summed E-state index contributed by atoms with van der Waals surface area (Å²) in [5.74, 6) is 0.692. The molecule has 0 bridgehead atoms. The van der Waals surface area contributed by atoms with Gasteiger partial charge in [-0.2, -0.15) is 0 Å². The standard InChI is InChI=1S/C14H21N3OS/c15-12-10-16-7-6-13(12)19-11-14(18)17-8-4-2-1-3-5-9-17/h6-7,10H,1-5,8-9,11,15H2. The van der Waals surface area contributed by atoms with Crippen molar-refractivity contribution in [2.75, 3.05) is 24.6 Å². The van der Waals surface area contributed by atoms with E-state index in [1.54, 1.807) is 12.4 Å². The minimum atomic E-state index is 0.225. The Bertz CT molecular complexity index is 417. The van der Waals surface area contributed by atoms with Crippen molar-refractivity contribution < 1.29 is 4.79 Å². The van der Waals surface area contributed by atoms with Crippen LogP contribution in [-0.2, 0) is 4.79 Å². The van der Waals surface area contributed by atoms with Gasteiger partial charge in [-0.25, -0.2) is 0 Å². The van der Waals surface area contributed by atoms with Gasteiger partial charge in [-0.05, 0) is 18.9 Å². The highest BCUT2D eigenvalue weighted by molar-refractivity contribution is 8.00. The van der Waals surface area contributed by atoms with E-state index in [4.69, 9.17) is 5.73 Å². The molecule has 1 amide bonds. The van der Waals surface area contributed by atoms with Gasteiger partial charge in [0.05, 0.1) is 17.6 Å². The first-order chi connectivity index (χ1) is 9.27. The Morgan fingerprint density at radius 2 is 1.95 bits per heavy atom. The number of nitrogens with zero attached hydrogens (tertiary/aromatic N) is 2. The number of hydrogen-bond acceptors (Lipinski definition) is 4. The number of pyridine rings is 1. The average Bonchev–Trinajstić information content (AvgIpc) is 2.37. The Labute approximate surface area is 118 Å². The Morgan fingerprint density at radius 3 is 2.63 bits per heavy atom. The number of nitrogens with two attached hydrogens (primary N) is 1. The van der Waals surface area contributed by atoms with Crippen molar-refractivity contribution in [3.63, 3.8) is 0 Å². The van der Waals surface area contributed by atoms with E-state index >= 15 is 0 Å². The predicted molar refractivity (Wildman–Crippen MR) is 79.0 cm³/mol. The largest absolute Gasteiger partial charge is 0.397 e. The minimum absolute atomic E-state index is 0.225. The van der Waals surface area contributed by atoms with Crippen molar-refractivity contribution in [3.8, 4) is 0 Å². The highest BCUT2D eigenvalue weighted by Crippen LogP contribution is 2.24. The molecule has 4 nitrogen and oxygen atoms in total. The van der Waals surface area contributed by atoms with E-state index in [-0.39, 0.29) is 5.91 Å². The molecular formula is C14H21N3OS. The van der Waals surface area contributed by atoms with Crippen LogP contribution in [0.2, 0.25) is 0 Å². The molecule has 1 saturated heterocycles. The molecule has 1 fully saturated rings. The maximum Gasteiger partial charge on any atom is 0.232 e. The second kappa shape index (κ2) is 7.38. The van der Waals surface area contributed by atoms with Crippen LogP contribution >= 0.6 is 11.8 Å². The SMILES string of the molecule is Nc1cnccc1SCC(=O)N1CCCCCCC1.